The second-order valence-electron chi connectivity index (χ2n) is 5.17. The Morgan fingerprint density at radius 2 is 1.86 bits per heavy atom. The number of halogens is 2. The molecule has 0 saturated carbocycles. The van der Waals surface area contributed by atoms with E-state index in [1.807, 2.05) is 13.8 Å². The van der Waals surface area contributed by atoms with Crippen LogP contribution in [0, 0.1) is 11.6 Å². The summed E-state index contributed by atoms with van der Waals surface area (Å²) in [7, 11) is -4.06. The Labute approximate surface area is 127 Å². The van der Waals surface area contributed by atoms with Crippen LogP contribution >= 0.6 is 11.8 Å². The molecule has 1 aromatic rings. The fourth-order valence-electron chi connectivity index (χ4n) is 2.39. The lowest BCUT2D eigenvalue weighted by Crippen LogP contribution is -2.44. The van der Waals surface area contributed by atoms with Crippen molar-refractivity contribution in [3.63, 3.8) is 0 Å². The van der Waals surface area contributed by atoms with Crippen LogP contribution in [0.1, 0.15) is 19.4 Å². The minimum Gasteiger partial charge on any atom is -0.326 e. The maximum Gasteiger partial charge on any atom is 0.246 e. The van der Waals surface area contributed by atoms with Crippen molar-refractivity contribution < 1.29 is 17.2 Å². The average molecular weight is 336 g/mol. The minimum atomic E-state index is -4.06. The smallest absolute Gasteiger partial charge is 0.246 e. The van der Waals surface area contributed by atoms with Crippen LogP contribution in [0.4, 0.5) is 8.78 Å². The van der Waals surface area contributed by atoms with E-state index in [-0.39, 0.29) is 35.7 Å². The fourth-order valence-corrected chi connectivity index (χ4v) is 5.64. The van der Waals surface area contributed by atoms with Crippen molar-refractivity contribution in [2.75, 3.05) is 13.1 Å². The van der Waals surface area contributed by atoms with Gasteiger partial charge in [0.1, 0.15) is 4.90 Å². The summed E-state index contributed by atoms with van der Waals surface area (Å²) in [6.07, 6.45) is 0. The van der Waals surface area contributed by atoms with Crippen LogP contribution in [0.15, 0.2) is 17.0 Å². The molecule has 21 heavy (non-hydrogen) atoms. The van der Waals surface area contributed by atoms with E-state index in [1.165, 1.54) is 4.31 Å². The van der Waals surface area contributed by atoms with Gasteiger partial charge in [0.2, 0.25) is 10.0 Å². The average Bonchev–Trinajstić information content (AvgIpc) is 2.40. The molecule has 1 saturated heterocycles. The summed E-state index contributed by atoms with van der Waals surface area (Å²) in [5, 5.41) is 0.211. The van der Waals surface area contributed by atoms with Crippen LogP contribution in [0.2, 0.25) is 0 Å². The monoisotopic (exact) mass is 336 g/mol. The predicted molar refractivity (Wildman–Crippen MR) is 79.5 cm³/mol. The third-order valence-electron chi connectivity index (χ3n) is 3.29. The molecule has 0 spiro atoms. The Balaban J connectivity index is 2.46. The van der Waals surface area contributed by atoms with Crippen LogP contribution in [0.3, 0.4) is 0 Å². The summed E-state index contributed by atoms with van der Waals surface area (Å²) >= 11 is 1.68. The Kier molecular flexibility index (Phi) is 4.92. The highest BCUT2D eigenvalue weighted by Gasteiger charge is 2.34. The molecule has 8 heteroatoms. The normalized spacial score (nSPS) is 24.2. The number of hydrogen-bond acceptors (Lipinski definition) is 4. The lowest BCUT2D eigenvalue weighted by molar-refractivity contribution is 0.398. The molecule has 1 aliphatic rings. The van der Waals surface area contributed by atoms with Gasteiger partial charge >= 0.3 is 0 Å². The molecule has 2 unspecified atom stereocenters. The molecule has 1 heterocycles. The molecule has 0 radical (unpaired) electrons. The molecule has 0 bridgehead atoms. The zero-order valence-electron chi connectivity index (χ0n) is 11.8. The number of benzene rings is 1. The highest BCUT2D eigenvalue weighted by molar-refractivity contribution is 8.00. The van der Waals surface area contributed by atoms with Crippen molar-refractivity contribution in [3.05, 3.63) is 29.3 Å². The maximum absolute atomic E-state index is 13.9. The molecule has 1 aromatic carbocycles. The van der Waals surface area contributed by atoms with Gasteiger partial charge in [-0.25, -0.2) is 17.2 Å². The first kappa shape index (κ1) is 16.7. The lowest BCUT2D eigenvalue weighted by Gasteiger charge is -2.33. The molecule has 4 nitrogen and oxygen atoms in total. The van der Waals surface area contributed by atoms with Crippen LogP contribution in [-0.2, 0) is 16.6 Å². The molecule has 118 valence electrons. The topological polar surface area (TPSA) is 63.4 Å². The van der Waals surface area contributed by atoms with E-state index >= 15 is 0 Å². The van der Waals surface area contributed by atoms with Gasteiger partial charge in [0.15, 0.2) is 11.6 Å². The van der Waals surface area contributed by atoms with Gasteiger partial charge in [-0.1, -0.05) is 13.8 Å². The highest BCUT2D eigenvalue weighted by atomic mass is 32.2. The zero-order valence-corrected chi connectivity index (χ0v) is 13.5. The van der Waals surface area contributed by atoms with Crippen LogP contribution in [-0.4, -0.2) is 36.3 Å². The van der Waals surface area contributed by atoms with Crippen molar-refractivity contribution in [1.82, 2.24) is 4.31 Å². The summed E-state index contributed by atoms with van der Waals surface area (Å²) < 4.78 is 53.9. The molecule has 1 aliphatic heterocycles. The Morgan fingerprint density at radius 3 is 2.38 bits per heavy atom. The van der Waals surface area contributed by atoms with Gasteiger partial charge in [0.05, 0.1) is 0 Å². The number of sulfonamides is 1. The van der Waals surface area contributed by atoms with E-state index < -0.39 is 26.6 Å². The van der Waals surface area contributed by atoms with E-state index in [0.29, 0.717) is 0 Å². The highest BCUT2D eigenvalue weighted by Crippen LogP contribution is 2.30. The maximum atomic E-state index is 13.9. The van der Waals surface area contributed by atoms with Gasteiger partial charge in [-0.05, 0) is 17.7 Å². The molecule has 2 atom stereocenters. The second kappa shape index (κ2) is 6.20. The first-order valence-electron chi connectivity index (χ1n) is 6.59. The zero-order chi connectivity index (χ0) is 15.8. The molecule has 0 aromatic heterocycles. The molecule has 2 N–H and O–H groups in total. The van der Waals surface area contributed by atoms with Crippen molar-refractivity contribution in [2.45, 2.75) is 35.8 Å². The second-order valence-corrected chi connectivity index (χ2v) is 8.96. The number of nitrogens with two attached hydrogens (primary N) is 1. The van der Waals surface area contributed by atoms with Crippen LogP contribution in [0.5, 0.6) is 0 Å². The minimum absolute atomic E-state index is 0.0532. The SMILES string of the molecule is CC1CN(S(=O)(=O)c2cc(CN)cc(F)c2F)CC(C)S1. The van der Waals surface area contributed by atoms with E-state index in [2.05, 4.69) is 0 Å². The fraction of sp³-hybridized carbons (Fsp3) is 0.538. The molecule has 0 amide bonds. The van der Waals surface area contributed by atoms with E-state index in [4.69, 9.17) is 5.73 Å². The Bertz CT molecular complexity index is 627. The summed E-state index contributed by atoms with van der Waals surface area (Å²) in [5.41, 5.74) is 5.65. The van der Waals surface area contributed by atoms with Crippen molar-refractivity contribution in [2.24, 2.45) is 5.73 Å². The summed E-state index contributed by atoms with van der Waals surface area (Å²) in [6, 6.07) is 2.04. The number of thioether (sulfide) groups is 1. The first-order valence-corrected chi connectivity index (χ1v) is 8.97. The summed E-state index contributed by atoms with van der Waals surface area (Å²) in [4.78, 5) is -0.630. The van der Waals surface area contributed by atoms with Crippen molar-refractivity contribution >= 4 is 21.8 Å². The molecule has 2 rings (SSSR count). The summed E-state index contributed by atoms with van der Waals surface area (Å²) in [6.45, 7) is 4.34. The number of nitrogens with zero attached hydrogens (tertiary/aromatic N) is 1. The molecular formula is C13H18F2N2O2S2. The van der Waals surface area contributed by atoms with Gasteiger partial charge in [-0.2, -0.15) is 16.1 Å². The van der Waals surface area contributed by atoms with Gasteiger partial charge < -0.3 is 5.73 Å². The van der Waals surface area contributed by atoms with Gasteiger partial charge in [-0.15, -0.1) is 0 Å². The number of rotatable bonds is 3. The van der Waals surface area contributed by atoms with Gasteiger partial charge in [-0.3, -0.25) is 0 Å². The quantitative estimate of drug-likeness (QED) is 0.916. The van der Waals surface area contributed by atoms with Crippen LogP contribution < -0.4 is 5.73 Å². The third-order valence-corrected chi connectivity index (χ3v) is 6.35. The van der Waals surface area contributed by atoms with E-state index in [0.717, 1.165) is 12.1 Å². The van der Waals surface area contributed by atoms with Crippen molar-refractivity contribution in [3.8, 4) is 0 Å². The lowest BCUT2D eigenvalue weighted by atomic mass is 10.2. The predicted octanol–water partition coefficient (Wildman–Crippen LogP) is 1.94. The third kappa shape index (κ3) is 3.39. The Morgan fingerprint density at radius 1 is 1.29 bits per heavy atom. The van der Waals surface area contributed by atoms with E-state index in [1.54, 1.807) is 11.8 Å². The van der Waals surface area contributed by atoms with Crippen molar-refractivity contribution in [1.29, 1.82) is 0 Å². The molecular weight excluding hydrogens is 318 g/mol. The van der Waals surface area contributed by atoms with Crippen LogP contribution in [0.25, 0.3) is 0 Å². The number of hydrogen-bond donors (Lipinski definition) is 1. The van der Waals surface area contributed by atoms with Gasteiger partial charge in [0, 0.05) is 30.1 Å². The largest absolute Gasteiger partial charge is 0.326 e. The Hall–Kier alpha value is -0.700. The van der Waals surface area contributed by atoms with Gasteiger partial charge in [0.25, 0.3) is 0 Å². The summed E-state index contributed by atoms with van der Waals surface area (Å²) in [5.74, 6) is -2.53. The molecule has 1 fully saturated rings. The molecule has 0 aliphatic carbocycles. The standard InChI is InChI=1S/C13H18F2N2O2S2/c1-8-6-17(7-9(2)20-8)21(18,19)12-4-10(5-16)3-11(14)13(12)15/h3-4,8-9H,5-7,16H2,1-2H3. The van der Waals surface area contributed by atoms with E-state index in [9.17, 15) is 17.2 Å². The first-order chi connectivity index (χ1) is 9.75.